The number of nitrogens with two attached hydrogens (primary N) is 1. The quantitative estimate of drug-likeness (QED) is 0.772. The summed E-state index contributed by atoms with van der Waals surface area (Å²) in [6.07, 6.45) is 2.28. The van der Waals surface area contributed by atoms with Crippen molar-refractivity contribution in [1.29, 1.82) is 0 Å². The van der Waals surface area contributed by atoms with E-state index in [9.17, 15) is 0 Å². The molecular formula is C10H14BrN. The fraction of sp³-hybridized carbons (Fsp3) is 0.400. The van der Waals surface area contributed by atoms with E-state index >= 15 is 0 Å². The minimum Gasteiger partial charge on any atom is -0.398 e. The molecule has 0 saturated carbocycles. The molecular weight excluding hydrogens is 214 g/mol. The van der Waals surface area contributed by atoms with Gasteiger partial charge in [0.25, 0.3) is 0 Å². The Balaban J connectivity index is 3.05. The number of nitrogen functional groups attached to an aromatic ring is 1. The molecule has 2 heteroatoms. The predicted octanol–water partition coefficient (Wildman–Crippen LogP) is 3.29. The average molecular weight is 228 g/mol. The van der Waals surface area contributed by atoms with Crippen LogP contribution in [0.1, 0.15) is 24.5 Å². The second-order valence-electron chi connectivity index (χ2n) is 3.05. The van der Waals surface area contributed by atoms with Gasteiger partial charge in [0, 0.05) is 10.2 Å². The Hall–Kier alpha value is -0.500. The molecule has 1 rings (SSSR count). The summed E-state index contributed by atoms with van der Waals surface area (Å²) in [5.41, 5.74) is 9.14. The van der Waals surface area contributed by atoms with Crippen LogP contribution in [-0.2, 0) is 6.42 Å². The van der Waals surface area contributed by atoms with Crippen LogP contribution >= 0.6 is 15.9 Å². The largest absolute Gasteiger partial charge is 0.398 e. The minimum atomic E-state index is 0.863. The maximum atomic E-state index is 5.76. The summed E-state index contributed by atoms with van der Waals surface area (Å²) in [5.74, 6) is 0. The molecule has 1 nitrogen and oxygen atoms in total. The number of aryl methyl sites for hydroxylation is 2. The van der Waals surface area contributed by atoms with Gasteiger partial charge < -0.3 is 5.73 Å². The Bertz CT molecular complexity index is 281. The van der Waals surface area contributed by atoms with Gasteiger partial charge in [-0.2, -0.15) is 0 Å². The van der Waals surface area contributed by atoms with Crippen LogP contribution in [-0.4, -0.2) is 0 Å². The third kappa shape index (κ3) is 2.01. The molecule has 0 aliphatic carbocycles. The topological polar surface area (TPSA) is 26.0 Å². The van der Waals surface area contributed by atoms with Gasteiger partial charge in [-0.15, -0.1) is 0 Å². The van der Waals surface area contributed by atoms with Crippen LogP contribution in [0.5, 0.6) is 0 Å². The second kappa shape index (κ2) is 3.94. The first-order valence-electron chi connectivity index (χ1n) is 4.19. The van der Waals surface area contributed by atoms with E-state index in [2.05, 4.69) is 28.9 Å². The van der Waals surface area contributed by atoms with E-state index in [-0.39, 0.29) is 0 Å². The standard InChI is InChI=1S/C10H14BrN/c1-3-4-8-5-7(2)10(12)6-9(8)11/h5-6H,3-4,12H2,1-2H3. The lowest BCUT2D eigenvalue weighted by atomic mass is 10.1. The van der Waals surface area contributed by atoms with E-state index < -0.39 is 0 Å². The van der Waals surface area contributed by atoms with E-state index in [1.54, 1.807) is 0 Å². The Morgan fingerprint density at radius 3 is 2.67 bits per heavy atom. The molecule has 1 aromatic carbocycles. The van der Waals surface area contributed by atoms with Crippen LogP contribution in [0.15, 0.2) is 16.6 Å². The van der Waals surface area contributed by atoms with Crippen LogP contribution in [0.2, 0.25) is 0 Å². The van der Waals surface area contributed by atoms with E-state index in [0.717, 1.165) is 16.6 Å². The molecule has 0 atom stereocenters. The van der Waals surface area contributed by atoms with E-state index in [4.69, 9.17) is 5.73 Å². The molecule has 0 spiro atoms. The minimum absolute atomic E-state index is 0.863. The zero-order valence-electron chi connectivity index (χ0n) is 7.52. The third-order valence-electron chi connectivity index (χ3n) is 1.95. The highest BCUT2D eigenvalue weighted by molar-refractivity contribution is 9.10. The molecule has 2 N–H and O–H groups in total. The Morgan fingerprint density at radius 1 is 1.42 bits per heavy atom. The van der Waals surface area contributed by atoms with Crippen molar-refractivity contribution in [2.75, 3.05) is 5.73 Å². The molecule has 0 unspecified atom stereocenters. The van der Waals surface area contributed by atoms with Crippen molar-refractivity contribution in [3.05, 3.63) is 27.7 Å². The fourth-order valence-electron chi connectivity index (χ4n) is 1.22. The lowest BCUT2D eigenvalue weighted by molar-refractivity contribution is 0.915. The molecule has 0 aliphatic heterocycles. The van der Waals surface area contributed by atoms with Gasteiger partial charge in [0.15, 0.2) is 0 Å². The molecule has 12 heavy (non-hydrogen) atoms. The molecule has 0 aromatic heterocycles. The summed E-state index contributed by atoms with van der Waals surface area (Å²) >= 11 is 3.50. The van der Waals surface area contributed by atoms with Crippen molar-refractivity contribution in [1.82, 2.24) is 0 Å². The molecule has 0 amide bonds. The first kappa shape index (κ1) is 9.59. The Morgan fingerprint density at radius 2 is 2.08 bits per heavy atom. The number of rotatable bonds is 2. The lowest BCUT2D eigenvalue weighted by Gasteiger charge is -2.06. The third-order valence-corrected chi connectivity index (χ3v) is 2.69. The molecule has 0 heterocycles. The van der Waals surface area contributed by atoms with Crippen molar-refractivity contribution in [2.45, 2.75) is 26.7 Å². The number of benzene rings is 1. The molecule has 0 aliphatic rings. The summed E-state index contributed by atoms with van der Waals surface area (Å²) in [6, 6.07) is 4.14. The average Bonchev–Trinajstić information content (AvgIpc) is 2.01. The van der Waals surface area contributed by atoms with E-state index in [1.807, 2.05) is 13.0 Å². The van der Waals surface area contributed by atoms with Gasteiger partial charge >= 0.3 is 0 Å². The Kier molecular flexibility index (Phi) is 3.15. The maximum absolute atomic E-state index is 5.76. The van der Waals surface area contributed by atoms with Crippen LogP contribution in [0.25, 0.3) is 0 Å². The van der Waals surface area contributed by atoms with Crippen molar-refractivity contribution in [2.24, 2.45) is 0 Å². The lowest BCUT2D eigenvalue weighted by Crippen LogP contribution is -1.93. The summed E-state index contributed by atoms with van der Waals surface area (Å²) in [4.78, 5) is 0. The summed E-state index contributed by atoms with van der Waals surface area (Å²) in [5, 5.41) is 0. The van der Waals surface area contributed by atoms with Crippen molar-refractivity contribution in [3.8, 4) is 0 Å². The van der Waals surface area contributed by atoms with Crippen molar-refractivity contribution < 1.29 is 0 Å². The molecule has 0 fully saturated rings. The van der Waals surface area contributed by atoms with Gasteiger partial charge in [0.1, 0.15) is 0 Å². The van der Waals surface area contributed by atoms with Crippen LogP contribution < -0.4 is 5.73 Å². The summed E-state index contributed by atoms with van der Waals surface area (Å²) in [6.45, 7) is 4.22. The van der Waals surface area contributed by atoms with Gasteiger partial charge in [0.05, 0.1) is 0 Å². The van der Waals surface area contributed by atoms with Crippen LogP contribution in [0, 0.1) is 6.92 Å². The second-order valence-corrected chi connectivity index (χ2v) is 3.90. The maximum Gasteiger partial charge on any atom is 0.0355 e. The van der Waals surface area contributed by atoms with Gasteiger partial charge in [0.2, 0.25) is 0 Å². The molecule has 0 bridgehead atoms. The van der Waals surface area contributed by atoms with Gasteiger partial charge in [-0.05, 0) is 30.5 Å². The van der Waals surface area contributed by atoms with Crippen LogP contribution in [0.3, 0.4) is 0 Å². The molecule has 0 saturated heterocycles. The van der Waals surface area contributed by atoms with E-state index in [0.29, 0.717) is 0 Å². The first-order valence-corrected chi connectivity index (χ1v) is 4.99. The molecule has 0 radical (unpaired) electrons. The highest BCUT2D eigenvalue weighted by atomic mass is 79.9. The highest BCUT2D eigenvalue weighted by Gasteiger charge is 2.01. The smallest absolute Gasteiger partial charge is 0.0355 e. The van der Waals surface area contributed by atoms with E-state index in [1.165, 1.54) is 17.5 Å². The normalized spacial score (nSPS) is 10.2. The molecule has 66 valence electrons. The zero-order valence-corrected chi connectivity index (χ0v) is 9.11. The van der Waals surface area contributed by atoms with Crippen molar-refractivity contribution in [3.63, 3.8) is 0 Å². The number of hydrogen-bond acceptors (Lipinski definition) is 1. The highest BCUT2D eigenvalue weighted by Crippen LogP contribution is 2.24. The SMILES string of the molecule is CCCc1cc(C)c(N)cc1Br. The fourth-order valence-corrected chi connectivity index (χ4v) is 1.78. The van der Waals surface area contributed by atoms with Gasteiger partial charge in [-0.1, -0.05) is 35.3 Å². The predicted molar refractivity (Wildman–Crippen MR) is 57.3 cm³/mol. The first-order chi connectivity index (χ1) is 5.65. The van der Waals surface area contributed by atoms with Crippen LogP contribution in [0.4, 0.5) is 5.69 Å². The van der Waals surface area contributed by atoms with Crippen molar-refractivity contribution >= 4 is 21.6 Å². The molecule has 1 aromatic rings. The van der Waals surface area contributed by atoms with Gasteiger partial charge in [-0.25, -0.2) is 0 Å². The summed E-state index contributed by atoms with van der Waals surface area (Å²) < 4.78 is 1.13. The monoisotopic (exact) mass is 227 g/mol. The number of hydrogen-bond donors (Lipinski definition) is 1. The Labute approximate surface area is 82.1 Å². The summed E-state index contributed by atoms with van der Waals surface area (Å²) in [7, 11) is 0. The zero-order chi connectivity index (χ0) is 9.14. The number of halogens is 1. The van der Waals surface area contributed by atoms with Gasteiger partial charge in [-0.3, -0.25) is 0 Å². The number of anilines is 1.